The van der Waals surface area contributed by atoms with E-state index in [0.717, 1.165) is 62.9 Å². The van der Waals surface area contributed by atoms with Crippen LogP contribution in [0.3, 0.4) is 0 Å². The van der Waals surface area contributed by atoms with Crippen molar-refractivity contribution in [2.24, 2.45) is 5.92 Å². The molecule has 7 heteroatoms. The Morgan fingerprint density at radius 2 is 1.78 bits per heavy atom. The molecule has 1 aromatic carbocycles. The number of benzene rings is 1. The number of carbonyl (C=O) groups excluding carboxylic acids is 1. The highest BCUT2D eigenvalue weighted by Gasteiger charge is 2.29. The van der Waals surface area contributed by atoms with Crippen molar-refractivity contribution in [1.82, 2.24) is 9.78 Å². The first-order chi connectivity index (χ1) is 15.6. The van der Waals surface area contributed by atoms with Gasteiger partial charge in [0.25, 0.3) is 5.56 Å². The molecule has 2 aliphatic heterocycles. The smallest absolute Gasteiger partial charge is 0.267 e. The van der Waals surface area contributed by atoms with Crippen molar-refractivity contribution in [2.75, 3.05) is 42.6 Å². The molecular weight excluding hydrogens is 404 g/mol. The third-order valence-electron chi connectivity index (χ3n) is 7.26. The second-order valence-corrected chi connectivity index (χ2v) is 9.38. The van der Waals surface area contributed by atoms with E-state index in [1.54, 1.807) is 6.07 Å². The molecule has 2 aromatic rings. The van der Waals surface area contributed by atoms with Gasteiger partial charge in [0, 0.05) is 48.6 Å². The van der Waals surface area contributed by atoms with Gasteiger partial charge in [0.05, 0.1) is 18.9 Å². The summed E-state index contributed by atoms with van der Waals surface area (Å²) < 4.78 is 6.85. The van der Waals surface area contributed by atoms with Crippen molar-refractivity contribution in [3.05, 3.63) is 51.9 Å². The maximum Gasteiger partial charge on any atom is 0.267 e. The van der Waals surface area contributed by atoms with E-state index in [9.17, 15) is 9.59 Å². The largest absolute Gasteiger partial charge is 0.378 e. The number of morpholine rings is 1. The number of nitrogens with zero attached hydrogens (tertiary/aromatic N) is 4. The Bertz CT molecular complexity index is 1040. The van der Waals surface area contributed by atoms with Gasteiger partial charge >= 0.3 is 0 Å². The molecule has 1 aromatic heterocycles. The SMILES string of the molecule is CC1CCC(c2ccc(=O)n(CC(=O)N3CCc4c(N5CCOCC5)cccc43)n2)CC1. The molecule has 170 valence electrons. The number of carbonyl (C=O) groups is 1. The van der Waals surface area contributed by atoms with Gasteiger partial charge in [0.1, 0.15) is 6.54 Å². The predicted molar refractivity (Wildman–Crippen MR) is 124 cm³/mol. The third-order valence-corrected chi connectivity index (χ3v) is 7.26. The van der Waals surface area contributed by atoms with Crippen molar-refractivity contribution in [2.45, 2.75) is 51.5 Å². The standard InChI is InChI=1S/C25H32N4O3/c1-18-5-7-19(8-6-18)21-9-10-24(30)29(26-21)17-25(31)28-12-11-20-22(3-2-4-23(20)28)27-13-15-32-16-14-27/h2-4,9-10,18-19H,5-8,11-17H2,1H3. The summed E-state index contributed by atoms with van der Waals surface area (Å²) in [6.07, 6.45) is 5.42. The van der Waals surface area contributed by atoms with Gasteiger partial charge in [-0.05, 0) is 43.4 Å². The van der Waals surface area contributed by atoms with E-state index in [1.165, 1.54) is 28.8 Å². The molecule has 0 radical (unpaired) electrons. The summed E-state index contributed by atoms with van der Waals surface area (Å²) in [6.45, 7) is 6.13. The van der Waals surface area contributed by atoms with Crippen molar-refractivity contribution in [1.29, 1.82) is 0 Å². The van der Waals surface area contributed by atoms with Crippen molar-refractivity contribution in [3.8, 4) is 0 Å². The van der Waals surface area contributed by atoms with Crippen LogP contribution in [0.5, 0.6) is 0 Å². The third kappa shape index (κ3) is 4.18. The summed E-state index contributed by atoms with van der Waals surface area (Å²) in [7, 11) is 0. The maximum absolute atomic E-state index is 13.2. The number of aromatic nitrogens is 2. The zero-order chi connectivity index (χ0) is 22.1. The van der Waals surface area contributed by atoms with E-state index in [2.05, 4.69) is 23.0 Å². The van der Waals surface area contributed by atoms with Crippen LogP contribution in [-0.2, 0) is 22.5 Å². The summed E-state index contributed by atoms with van der Waals surface area (Å²) in [6, 6.07) is 9.59. The van der Waals surface area contributed by atoms with E-state index in [1.807, 2.05) is 23.1 Å². The second kappa shape index (κ2) is 9.06. The van der Waals surface area contributed by atoms with Gasteiger partial charge in [-0.2, -0.15) is 5.10 Å². The minimum absolute atomic E-state index is 0.0168. The van der Waals surface area contributed by atoms with Crippen molar-refractivity contribution >= 4 is 17.3 Å². The van der Waals surface area contributed by atoms with Crippen LogP contribution < -0.4 is 15.4 Å². The first-order valence-corrected chi connectivity index (χ1v) is 11.9. The molecule has 0 spiro atoms. The number of rotatable bonds is 4. The number of anilines is 2. The van der Waals surface area contributed by atoms with Gasteiger partial charge in [-0.1, -0.05) is 25.8 Å². The van der Waals surface area contributed by atoms with Gasteiger partial charge in [-0.3, -0.25) is 9.59 Å². The average molecular weight is 437 g/mol. The number of amides is 1. The van der Waals surface area contributed by atoms with Crippen LogP contribution in [0.1, 0.15) is 49.8 Å². The molecule has 0 N–H and O–H groups in total. The molecule has 0 atom stereocenters. The van der Waals surface area contributed by atoms with Crippen LogP contribution in [0.25, 0.3) is 0 Å². The van der Waals surface area contributed by atoms with Crippen LogP contribution in [-0.4, -0.2) is 48.5 Å². The Morgan fingerprint density at radius 3 is 2.56 bits per heavy atom. The van der Waals surface area contributed by atoms with Crippen molar-refractivity contribution < 1.29 is 9.53 Å². The van der Waals surface area contributed by atoms with Gasteiger partial charge in [0.15, 0.2) is 0 Å². The lowest BCUT2D eigenvalue weighted by Gasteiger charge is -2.30. The van der Waals surface area contributed by atoms with Crippen molar-refractivity contribution in [3.63, 3.8) is 0 Å². The Kier molecular flexibility index (Phi) is 6.00. The fourth-order valence-corrected chi connectivity index (χ4v) is 5.34. The Balaban J connectivity index is 1.34. The zero-order valence-corrected chi connectivity index (χ0v) is 18.8. The van der Waals surface area contributed by atoms with Crippen LogP contribution in [0.2, 0.25) is 0 Å². The second-order valence-electron chi connectivity index (χ2n) is 9.38. The number of hydrogen-bond acceptors (Lipinski definition) is 5. The van der Waals surface area contributed by atoms with Gasteiger partial charge < -0.3 is 14.5 Å². The van der Waals surface area contributed by atoms with Crippen LogP contribution in [0.15, 0.2) is 35.1 Å². The first-order valence-electron chi connectivity index (χ1n) is 11.9. The summed E-state index contributed by atoms with van der Waals surface area (Å²) >= 11 is 0. The lowest BCUT2D eigenvalue weighted by Crippen LogP contribution is -2.37. The zero-order valence-electron chi connectivity index (χ0n) is 18.8. The molecule has 0 unspecified atom stereocenters. The molecule has 2 fully saturated rings. The summed E-state index contributed by atoms with van der Waals surface area (Å²) in [5, 5.41) is 4.61. The minimum Gasteiger partial charge on any atom is -0.378 e. The number of fused-ring (bicyclic) bond motifs is 1. The lowest BCUT2D eigenvalue weighted by atomic mass is 9.81. The summed E-state index contributed by atoms with van der Waals surface area (Å²) in [5.41, 5.74) is 4.11. The minimum atomic E-state index is -0.215. The van der Waals surface area contributed by atoms with E-state index >= 15 is 0 Å². The van der Waals surface area contributed by atoms with Gasteiger partial charge in [-0.15, -0.1) is 0 Å². The highest BCUT2D eigenvalue weighted by molar-refractivity contribution is 5.96. The molecule has 3 heterocycles. The monoisotopic (exact) mass is 436 g/mol. The topological polar surface area (TPSA) is 67.7 Å². The molecular formula is C25H32N4O3. The maximum atomic E-state index is 13.2. The fraction of sp³-hybridized carbons (Fsp3) is 0.560. The Morgan fingerprint density at radius 1 is 1.03 bits per heavy atom. The van der Waals surface area contributed by atoms with Gasteiger partial charge in [-0.25, -0.2) is 4.68 Å². The quantitative estimate of drug-likeness (QED) is 0.737. The number of hydrogen-bond donors (Lipinski definition) is 0. The predicted octanol–water partition coefficient (Wildman–Crippen LogP) is 2.96. The summed E-state index contributed by atoms with van der Waals surface area (Å²) in [5.74, 6) is 1.07. The van der Waals surface area contributed by atoms with Gasteiger partial charge in [0.2, 0.25) is 5.91 Å². The number of ether oxygens (including phenoxy) is 1. The van der Waals surface area contributed by atoms with E-state index < -0.39 is 0 Å². The normalized spacial score (nSPS) is 23.3. The molecule has 0 bridgehead atoms. The van der Waals surface area contributed by atoms with E-state index in [-0.39, 0.29) is 18.0 Å². The Hall–Kier alpha value is -2.67. The molecule has 1 saturated heterocycles. The van der Waals surface area contributed by atoms with E-state index in [0.29, 0.717) is 12.5 Å². The molecule has 7 nitrogen and oxygen atoms in total. The molecule has 5 rings (SSSR count). The summed E-state index contributed by atoms with van der Waals surface area (Å²) in [4.78, 5) is 29.9. The Labute approximate surface area is 189 Å². The highest BCUT2D eigenvalue weighted by atomic mass is 16.5. The molecule has 1 aliphatic carbocycles. The van der Waals surface area contributed by atoms with E-state index in [4.69, 9.17) is 4.74 Å². The molecule has 32 heavy (non-hydrogen) atoms. The van der Waals surface area contributed by atoms with Crippen LogP contribution >= 0.6 is 0 Å². The molecule has 3 aliphatic rings. The fourth-order valence-electron chi connectivity index (χ4n) is 5.34. The molecule has 1 amide bonds. The average Bonchev–Trinajstić information content (AvgIpc) is 3.26. The molecule has 1 saturated carbocycles. The van der Waals surface area contributed by atoms with Crippen LogP contribution in [0.4, 0.5) is 11.4 Å². The highest BCUT2D eigenvalue weighted by Crippen LogP contribution is 2.36. The lowest BCUT2D eigenvalue weighted by molar-refractivity contribution is -0.119. The van der Waals surface area contributed by atoms with Crippen LogP contribution in [0, 0.1) is 5.92 Å². The first kappa shape index (κ1) is 21.2.